The van der Waals surface area contributed by atoms with Crippen molar-refractivity contribution >= 4 is 0 Å². The van der Waals surface area contributed by atoms with Crippen LogP contribution < -0.4 is 30.2 Å². The van der Waals surface area contributed by atoms with E-state index in [4.69, 9.17) is 24.7 Å². The molecule has 0 fully saturated rings. The highest BCUT2D eigenvalue weighted by Crippen LogP contribution is 2.46. The highest BCUT2D eigenvalue weighted by molar-refractivity contribution is 5.61. The number of hydrogen-bond donors (Lipinski definition) is 1. The zero-order valence-corrected chi connectivity index (χ0v) is 17.0. The molecule has 8 nitrogen and oxygen atoms in total. The lowest BCUT2D eigenvalue weighted by atomic mass is 9.83. The largest absolute Gasteiger partial charge is 0.493 e. The number of aryl methyl sites for hydroxylation is 1. The van der Waals surface area contributed by atoms with E-state index in [1.807, 2.05) is 13.8 Å². The third-order valence-electron chi connectivity index (χ3n) is 5.03. The Morgan fingerprint density at radius 2 is 1.79 bits per heavy atom. The van der Waals surface area contributed by atoms with Gasteiger partial charge in [0, 0.05) is 18.3 Å². The fraction of sp³-hybridized carbons (Fsp3) is 0.333. The molecule has 29 heavy (non-hydrogen) atoms. The van der Waals surface area contributed by atoms with Gasteiger partial charge in [0.25, 0.3) is 5.56 Å². The van der Waals surface area contributed by atoms with Gasteiger partial charge in [-0.1, -0.05) is 0 Å². The molecule has 0 aliphatic carbocycles. The number of hydrogen-bond acceptors (Lipinski definition) is 7. The average Bonchev–Trinajstić information content (AvgIpc) is 2.71. The predicted octanol–water partition coefficient (Wildman–Crippen LogP) is 2.42. The minimum Gasteiger partial charge on any atom is -0.493 e. The summed E-state index contributed by atoms with van der Waals surface area (Å²) >= 11 is 0. The maximum Gasteiger partial charge on any atom is 0.258 e. The summed E-state index contributed by atoms with van der Waals surface area (Å²) in [6.07, 6.45) is 0. The quantitative estimate of drug-likeness (QED) is 0.825. The van der Waals surface area contributed by atoms with Crippen molar-refractivity contribution in [3.8, 4) is 29.1 Å². The van der Waals surface area contributed by atoms with E-state index in [9.17, 15) is 10.1 Å². The first-order valence-electron chi connectivity index (χ1n) is 9.03. The van der Waals surface area contributed by atoms with Gasteiger partial charge in [-0.15, -0.1) is 0 Å². The summed E-state index contributed by atoms with van der Waals surface area (Å²) in [6.45, 7) is 4.19. The third-order valence-corrected chi connectivity index (χ3v) is 5.03. The first kappa shape index (κ1) is 20.1. The lowest BCUT2D eigenvalue weighted by Crippen LogP contribution is -2.32. The molecule has 1 aromatic heterocycles. The molecule has 2 aromatic rings. The number of aromatic nitrogens is 1. The second-order valence-electron chi connectivity index (χ2n) is 6.50. The Bertz CT molecular complexity index is 1070. The van der Waals surface area contributed by atoms with Gasteiger partial charge in [0.15, 0.2) is 11.5 Å². The molecule has 8 heteroatoms. The fourth-order valence-electron chi connectivity index (χ4n) is 3.68. The number of rotatable bonds is 5. The molecule has 152 valence electrons. The number of pyridine rings is 1. The molecular formula is C21H23N3O5. The van der Waals surface area contributed by atoms with E-state index in [-0.39, 0.29) is 17.0 Å². The summed E-state index contributed by atoms with van der Waals surface area (Å²) in [5.74, 6) is 0.807. The van der Waals surface area contributed by atoms with E-state index < -0.39 is 5.92 Å². The van der Waals surface area contributed by atoms with Crippen LogP contribution in [0, 0.1) is 18.3 Å². The van der Waals surface area contributed by atoms with E-state index in [1.54, 1.807) is 22.8 Å². The molecule has 3 rings (SSSR count). The summed E-state index contributed by atoms with van der Waals surface area (Å²) in [4.78, 5) is 13.3. The van der Waals surface area contributed by atoms with Crippen molar-refractivity contribution in [2.75, 3.05) is 21.3 Å². The average molecular weight is 397 g/mol. The third kappa shape index (κ3) is 3.14. The molecule has 1 atom stereocenters. The van der Waals surface area contributed by atoms with Crippen molar-refractivity contribution in [2.24, 2.45) is 5.73 Å². The van der Waals surface area contributed by atoms with Crippen molar-refractivity contribution in [3.05, 3.63) is 56.8 Å². The molecule has 1 aromatic carbocycles. The molecule has 0 radical (unpaired) electrons. The molecule has 0 bridgehead atoms. The number of methoxy groups -OCH3 is 3. The predicted molar refractivity (Wildman–Crippen MR) is 107 cm³/mol. The Morgan fingerprint density at radius 1 is 1.17 bits per heavy atom. The first-order valence-corrected chi connectivity index (χ1v) is 9.03. The van der Waals surface area contributed by atoms with E-state index in [1.165, 1.54) is 21.3 Å². The Morgan fingerprint density at radius 3 is 2.28 bits per heavy atom. The maximum atomic E-state index is 13.3. The van der Waals surface area contributed by atoms with Crippen molar-refractivity contribution in [1.29, 1.82) is 5.26 Å². The lowest BCUT2D eigenvalue weighted by molar-refractivity contribution is 0.323. The standard InChI is InChI=1S/C21H23N3O5/c1-6-24-11(2)7-14-18(21(24)25)17(13(10-22)20(23)29-14)12-8-15(26-3)19(28-5)16(9-12)27-4/h7-9,17H,6,23H2,1-5H3. The molecule has 1 aliphatic heterocycles. The highest BCUT2D eigenvalue weighted by atomic mass is 16.5. The molecule has 1 aliphatic rings. The number of fused-ring (bicyclic) bond motifs is 1. The van der Waals surface area contributed by atoms with Crippen LogP contribution in [0.15, 0.2) is 34.4 Å². The molecule has 0 saturated carbocycles. The molecule has 2 heterocycles. The Kier molecular flexibility index (Phi) is 5.41. The zero-order valence-electron chi connectivity index (χ0n) is 17.0. The summed E-state index contributed by atoms with van der Waals surface area (Å²) in [7, 11) is 4.51. The minimum atomic E-state index is -0.733. The van der Waals surface area contributed by atoms with E-state index >= 15 is 0 Å². The van der Waals surface area contributed by atoms with Crippen molar-refractivity contribution in [2.45, 2.75) is 26.3 Å². The number of nitrogens with two attached hydrogens (primary N) is 1. The normalized spacial score (nSPS) is 15.2. The van der Waals surface area contributed by atoms with Gasteiger partial charge in [0.05, 0.1) is 32.8 Å². The van der Waals surface area contributed by atoms with E-state index in [0.29, 0.717) is 40.7 Å². The van der Waals surface area contributed by atoms with Gasteiger partial charge in [-0.2, -0.15) is 5.26 Å². The fourth-order valence-corrected chi connectivity index (χ4v) is 3.68. The van der Waals surface area contributed by atoms with Crippen LogP contribution in [0.2, 0.25) is 0 Å². The number of nitrogens with zero attached hydrogens (tertiary/aromatic N) is 2. The van der Waals surface area contributed by atoms with Crippen LogP contribution in [0.1, 0.15) is 29.7 Å². The SMILES string of the molecule is CCn1c(C)cc2c(c1=O)C(c1cc(OC)c(OC)c(OC)c1)C(C#N)=C(N)O2. The Balaban J connectivity index is 2.38. The van der Waals surface area contributed by atoms with Crippen molar-refractivity contribution < 1.29 is 18.9 Å². The molecule has 2 N–H and O–H groups in total. The molecule has 0 amide bonds. The van der Waals surface area contributed by atoms with Crippen LogP contribution in [-0.2, 0) is 6.54 Å². The molecular weight excluding hydrogens is 374 g/mol. The van der Waals surface area contributed by atoms with Gasteiger partial charge in [0.1, 0.15) is 17.4 Å². The summed E-state index contributed by atoms with van der Waals surface area (Å²) in [5.41, 5.74) is 7.64. The smallest absolute Gasteiger partial charge is 0.258 e. The summed E-state index contributed by atoms with van der Waals surface area (Å²) in [6, 6.07) is 7.27. The number of ether oxygens (including phenoxy) is 4. The summed E-state index contributed by atoms with van der Waals surface area (Å²) in [5, 5.41) is 9.78. The lowest BCUT2D eigenvalue weighted by Gasteiger charge is -2.28. The Hall–Kier alpha value is -3.60. The van der Waals surface area contributed by atoms with Crippen LogP contribution in [0.4, 0.5) is 0 Å². The van der Waals surface area contributed by atoms with E-state index in [2.05, 4.69) is 6.07 Å². The minimum absolute atomic E-state index is 0.0354. The molecule has 0 spiro atoms. The van der Waals surface area contributed by atoms with Gasteiger partial charge in [0.2, 0.25) is 11.6 Å². The maximum absolute atomic E-state index is 13.3. The number of benzene rings is 1. The van der Waals surface area contributed by atoms with Crippen molar-refractivity contribution in [1.82, 2.24) is 4.57 Å². The van der Waals surface area contributed by atoms with Gasteiger partial charge >= 0.3 is 0 Å². The van der Waals surface area contributed by atoms with Gasteiger partial charge in [-0.05, 0) is 31.5 Å². The number of nitriles is 1. The molecule has 0 saturated heterocycles. The molecule has 1 unspecified atom stereocenters. The van der Waals surface area contributed by atoms with Gasteiger partial charge < -0.3 is 29.2 Å². The number of allylic oxidation sites excluding steroid dienone is 1. The Labute approximate surface area is 168 Å². The highest BCUT2D eigenvalue weighted by Gasteiger charge is 2.35. The second kappa shape index (κ2) is 7.80. The van der Waals surface area contributed by atoms with Crippen molar-refractivity contribution in [3.63, 3.8) is 0 Å². The first-order chi connectivity index (χ1) is 13.9. The monoisotopic (exact) mass is 397 g/mol. The van der Waals surface area contributed by atoms with Crippen LogP contribution in [0.3, 0.4) is 0 Å². The van der Waals surface area contributed by atoms with E-state index in [0.717, 1.165) is 5.69 Å². The van der Waals surface area contributed by atoms with Crippen LogP contribution in [-0.4, -0.2) is 25.9 Å². The second-order valence-corrected chi connectivity index (χ2v) is 6.50. The van der Waals surface area contributed by atoms with Gasteiger partial charge in [-0.25, -0.2) is 0 Å². The van der Waals surface area contributed by atoms with Crippen LogP contribution in [0.5, 0.6) is 23.0 Å². The van der Waals surface area contributed by atoms with Crippen LogP contribution >= 0.6 is 0 Å². The summed E-state index contributed by atoms with van der Waals surface area (Å²) < 4.78 is 23.5. The van der Waals surface area contributed by atoms with Gasteiger partial charge in [-0.3, -0.25) is 4.79 Å². The van der Waals surface area contributed by atoms with Crippen LogP contribution in [0.25, 0.3) is 0 Å². The zero-order chi connectivity index (χ0) is 21.3. The topological polar surface area (TPSA) is 109 Å².